The highest BCUT2D eigenvalue weighted by atomic mass is 32.1. The third-order valence-corrected chi connectivity index (χ3v) is 7.23. The van der Waals surface area contributed by atoms with Gasteiger partial charge in [-0.15, -0.1) is 11.3 Å². The minimum Gasteiger partial charge on any atom is -0.496 e. The summed E-state index contributed by atoms with van der Waals surface area (Å²) in [5.74, 6) is 1.74. The molecule has 0 bridgehead atoms. The quantitative estimate of drug-likeness (QED) is 0.303. The number of hydrogen-bond acceptors (Lipinski definition) is 6. The predicted octanol–water partition coefficient (Wildman–Crippen LogP) is 5.82. The first-order valence-electron chi connectivity index (χ1n) is 12.2. The lowest BCUT2D eigenvalue weighted by molar-refractivity contribution is 0.214. The van der Waals surface area contributed by atoms with Crippen molar-refractivity contribution in [1.29, 1.82) is 0 Å². The Morgan fingerprint density at radius 1 is 0.971 bits per heavy atom. The lowest BCUT2D eigenvalue weighted by atomic mass is 10.0. The van der Waals surface area contributed by atoms with Gasteiger partial charge in [0.05, 0.1) is 23.9 Å². The van der Waals surface area contributed by atoms with Crippen LogP contribution >= 0.6 is 11.3 Å². The maximum atomic E-state index is 6.36. The number of para-hydroxylation sites is 2. The Kier molecular flexibility index (Phi) is 7.73. The summed E-state index contributed by atoms with van der Waals surface area (Å²) in [6.45, 7) is 6.11. The molecule has 0 atom stereocenters. The molecule has 0 aliphatic carbocycles. The van der Waals surface area contributed by atoms with Crippen molar-refractivity contribution in [2.45, 2.75) is 6.42 Å². The fourth-order valence-corrected chi connectivity index (χ4v) is 5.25. The van der Waals surface area contributed by atoms with Crippen LogP contribution in [0.3, 0.4) is 0 Å². The summed E-state index contributed by atoms with van der Waals surface area (Å²) < 4.78 is 13.2. The minimum atomic E-state index is 0.682. The van der Waals surface area contributed by atoms with Crippen LogP contribution in [0.2, 0.25) is 0 Å². The molecule has 0 radical (unpaired) electrons. The molecule has 0 spiro atoms. The van der Waals surface area contributed by atoms with E-state index in [1.165, 1.54) is 4.70 Å². The van der Waals surface area contributed by atoms with Gasteiger partial charge in [0, 0.05) is 43.9 Å². The third-order valence-electron chi connectivity index (χ3n) is 6.23. The fourth-order valence-electron chi connectivity index (χ4n) is 4.38. The maximum absolute atomic E-state index is 6.36. The number of hydrogen-bond donors (Lipinski definition) is 1. The summed E-state index contributed by atoms with van der Waals surface area (Å²) in [6, 6.07) is 22.7. The van der Waals surface area contributed by atoms with Gasteiger partial charge >= 0.3 is 0 Å². The normalized spacial score (nSPS) is 14.5. The van der Waals surface area contributed by atoms with Crippen molar-refractivity contribution in [3.05, 3.63) is 77.3 Å². The molecular formula is C29H31N3O2S. The van der Waals surface area contributed by atoms with Gasteiger partial charge in [-0.25, -0.2) is 4.98 Å². The zero-order chi connectivity index (χ0) is 23.9. The first-order valence-corrected chi connectivity index (χ1v) is 13.0. The zero-order valence-electron chi connectivity index (χ0n) is 20.1. The van der Waals surface area contributed by atoms with E-state index in [1.54, 1.807) is 18.4 Å². The predicted molar refractivity (Wildman–Crippen MR) is 146 cm³/mol. The van der Waals surface area contributed by atoms with Gasteiger partial charge in [0.25, 0.3) is 0 Å². The lowest BCUT2D eigenvalue weighted by Crippen LogP contribution is -2.43. The smallest absolute Gasteiger partial charge is 0.127 e. The van der Waals surface area contributed by atoms with Crippen LogP contribution in [0.25, 0.3) is 33.5 Å². The third kappa shape index (κ3) is 5.90. The van der Waals surface area contributed by atoms with Crippen molar-refractivity contribution < 1.29 is 9.47 Å². The summed E-state index contributed by atoms with van der Waals surface area (Å²) in [4.78, 5) is 7.24. The van der Waals surface area contributed by atoms with Crippen molar-refractivity contribution in [2.24, 2.45) is 0 Å². The molecule has 4 aromatic rings. The van der Waals surface area contributed by atoms with Gasteiger partial charge in [-0.3, -0.25) is 0 Å². The number of thiazole rings is 1. The average molecular weight is 486 g/mol. The summed E-state index contributed by atoms with van der Waals surface area (Å²) in [5.41, 5.74) is 4.22. The molecular weight excluding hydrogens is 454 g/mol. The highest BCUT2D eigenvalue weighted by molar-refractivity contribution is 7.19. The second kappa shape index (κ2) is 11.5. The van der Waals surface area contributed by atoms with Crippen molar-refractivity contribution in [3.63, 3.8) is 0 Å². The highest BCUT2D eigenvalue weighted by Gasteiger charge is 2.11. The van der Waals surface area contributed by atoms with E-state index in [4.69, 9.17) is 14.5 Å². The van der Waals surface area contributed by atoms with Gasteiger partial charge in [-0.1, -0.05) is 42.5 Å². The molecule has 3 aromatic carbocycles. The molecule has 6 heteroatoms. The summed E-state index contributed by atoms with van der Waals surface area (Å²) in [6.07, 6.45) is 5.19. The van der Waals surface area contributed by atoms with Crippen molar-refractivity contribution in [2.75, 3.05) is 46.4 Å². The second-order valence-electron chi connectivity index (χ2n) is 8.60. The Bertz CT molecular complexity index is 1260. The molecule has 1 N–H and O–H groups in total. The number of nitrogens with one attached hydrogen (secondary N) is 1. The minimum absolute atomic E-state index is 0.682. The number of aromatic nitrogens is 1. The molecule has 0 amide bonds. The summed E-state index contributed by atoms with van der Waals surface area (Å²) in [5, 5.41) is 4.40. The zero-order valence-corrected chi connectivity index (χ0v) is 20.9. The number of nitrogens with zero attached hydrogens (tertiary/aromatic N) is 2. The summed E-state index contributed by atoms with van der Waals surface area (Å²) in [7, 11) is 1.71. The van der Waals surface area contributed by atoms with Crippen LogP contribution in [-0.4, -0.2) is 56.3 Å². The fraction of sp³-hybridized carbons (Fsp3) is 0.276. The first-order chi connectivity index (χ1) is 17.3. The molecule has 1 fully saturated rings. The largest absolute Gasteiger partial charge is 0.496 e. The molecule has 1 aliphatic rings. The monoisotopic (exact) mass is 485 g/mol. The molecule has 1 aromatic heterocycles. The van der Waals surface area contributed by atoms with E-state index in [0.717, 1.165) is 77.9 Å². The topological polar surface area (TPSA) is 46.6 Å². The number of rotatable bonds is 9. The van der Waals surface area contributed by atoms with Gasteiger partial charge < -0.3 is 19.7 Å². The van der Waals surface area contributed by atoms with Crippen LogP contribution in [0.15, 0.2) is 66.7 Å². The molecule has 180 valence electrons. The Labute approximate surface area is 211 Å². The Hall–Kier alpha value is -3.19. The van der Waals surface area contributed by atoms with Crippen molar-refractivity contribution in [3.8, 4) is 22.6 Å². The van der Waals surface area contributed by atoms with Gasteiger partial charge in [0.1, 0.15) is 16.5 Å². The molecule has 35 heavy (non-hydrogen) atoms. The molecule has 1 saturated heterocycles. The number of piperazine rings is 1. The van der Waals surface area contributed by atoms with Gasteiger partial charge in [0.2, 0.25) is 0 Å². The van der Waals surface area contributed by atoms with E-state index in [0.29, 0.717) is 6.61 Å². The van der Waals surface area contributed by atoms with Gasteiger partial charge in [-0.2, -0.15) is 0 Å². The molecule has 5 rings (SSSR count). The van der Waals surface area contributed by atoms with Crippen LogP contribution in [-0.2, 0) is 0 Å². The molecule has 0 unspecified atom stereocenters. The molecule has 1 aliphatic heterocycles. The second-order valence-corrected chi connectivity index (χ2v) is 9.66. The molecule has 5 nitrogen and oxygen atoms in total. The van der Waals surface area contributed by atoms with E-state index >= 15 is 0 Å². The van der Waals surface area contributed by atoms with Crippen LogP contribution in [0, 0.1) is 0 Å². The van der Waals surface area contributed by atoms with Crippen LogP contribution < -0.4 is 14.8 Å². The number of benzene rings is 3. The standard InChI is InChI=1S/C29H31N3O2S/c1-33-26-9-4-2-7-24(26)23-12-11-22(13-14-29-31-25-8-3-5-10-28(25)35-29)27(21-23)34-20-6-17-32-18-15-30-16-19-32/h2-5,7-14,21,30H,6,15-20H2,1H3/b14-13+. The molecule has 0 saturated carbocycles. The lowest BCUT2D eigenvalue weighted by Gasteiger charge is -2.27. The van der Waals surface area contributed by atoms with E-state index in [-0.39, 0.29) is 0 Å². The average Bonchev–Trinajstić information content (AvgIpc) is 3.34. The van der Waals surface area contributed by atoms with Crippen LogP contribution in [0.4, 0.5) is 0 Å². The Balaban J connectivity index is 1.37. The van der Waals surface area contributed by atoms with E-state index in [9.17, 15) is 0 Å². The summed E-state index contributed by atoms with van der Waals surface area (Å²) >= 11 is 1.70. The SMILES string of the molecule is COc1ccccc1-c1ccc(/C=C/c2nc3ccccc3s2)c(OCCCN2CCNCC2)c1. The molecule has 2 heterocycles. The maximum Gasteiger partial charge on any atom is 0.127 e. The van der Waals surface area contributed by atoms with Crippen molar-refractivity contribution in [1.82, 2.24) is 15.2 Å². The highest BCUT2D eigenvalue weighted by Crippen LogP contribution is 2.34. The van der Waals surface area contributed by atoms with E-state index < -0.39 is 0 Å². The number of fused-ring (bicyclic) bond motifs is 1. The van der Waals surface area contributed by atoms with E-state index in [1.807, 2.05) is 24.3 Å². The van der Waals surface area contributed by atoms with Crippen molar-refractivity contribution >= 4 is 33.7 Å². The Morgan fingerprint density at radius 2 is 1.80 bits per heavy atom. The van der Waals surface area contributed by atoms with Crippen LogP contribution in [0.1, 0.15) is 17.0 Å². The van der Waals surface area contributed by atoms with Gasteiger partial charge in [0.15, 0.2) is 0 Å². The van der Waals surface area contributed by atoms with Gasteiger partial charge in [-0.05, 0) is 48.4 Å². The van der Waals surface area contributed by atoms with Crippen LogP contribution in [0.5, 0.6) is 11.5 Å². The Morgan fingerprint density at radius 3 is 2.66 bits per heavy atom. The number of methoxy groups -OCH3 is 1. The number of ether oxygens (including phenoxy) is 2. The van der Waals surface area contributed by atoms with E-state index in [2.05, 4.69) is 64.8 Å². The first kappa shape index (κ1) is 23.5.